The fourth-order valence-corrected chi connectivity index (χ4v) is 6.24. The van der Waals surface area contributed by atoms with Gasteiger partial charge in [0.1, 0.15) is 22.2 Å². The molecule has 1 saturated heterocycles. The Morgan fingerprint density at radius 3 is 2.96 bits per heavy atom. The minimum atomic E-state index is -3.70. The molecule has 0 bridgehead atoms. The Morgan fingerprint density at radius 2 is 2.18 bits per heavy atom. The van der Waals surface area contributed by atoms with E-state index >= 15 is 0 Å². The number of rotatable bonds is 7. The summed E-state index contributed by atoms with van der Waals surface area (Å²) in [4.78, 5) is 5.13. The van der Waals surface area contributed by atoms with E-state index in [2.05, 4.69) is 15.3 Å². The van der Waals surface area contributed by atoms with E-state index < -0.39 is 16.1 Å². The van der Waals surface area contributed by atoms with Gasteiger partial charge in [0.2, 0.25) is 5.89 Å². The van der Waals surface area contributed by atoms with Crippen molar-refractivity contribution in [2.75, 3.05) is 20.3 Å². The maximum atomic E-state index is 13.3. The van der Waals surface area contributed by atoms with E-state index in [4.69, 9.17) is 13.8 Å². The van der Waals surface area contributed by atoms with Crippen LogP contribution in [0.15, 0.2) is 37.7 Å². The van der Waals surface area contributed by atoms with E-state index in [9.17, 15) is 8.42 Å². The van der Waals surface area contributed by atoms with E-state index in [-0.39, 0.29) is 4.21 Å². The van der Waals surface area contributed by atoms with Crippen molar-refractivity contribution in [1.82, 2.24) is 19.6 Å². The van der Waals surface area contributed by atoms with Gasteiger partial charge in [-0.25, -0.2) is 8.42 Å². The Morgan fingerprint density at radius 1 is 1.29 bits per heavy atom. The minimum absolute atomic E-state index is 0.261. The molecule has 0 radical (unpaired) electrons. The zero-order chi connectivity index (χ0) is 19.6. The quantitative estimate of drug-likeness (QED) is 0.569. The molecule has 0 N–H and O–H groups in total. The van der Waals surface area contributed by atoms with Crippen LogP contribution in [0.4, 0.5) is 0 Å². The van der Waals surface area contributed by atoms with Gasteiger partial charge in [0.15, 0.2) is 5.82 Å². The Balaban J connectivity index is 1.60. The number of nitrogens with zero attached hydrogens (tertiary/aromatic N) is 4. The second-order valence-electron chi connectivity index (χ2n) is 6.42. The molecule has 150 valence electrons. The van der Waals surface area contributed by atoms with Gasteiger partial charge < -0.3 is 13.8 Å². The normalized spacial score (nSPS) is 18.5. The number of thiophene rings is 1. The van der Waals surface area contributed by atoms with Crippen LogP contribution in [0.25, 0.3) is 10.6 Å². The number of sulfonamides is 1. The molecule has 4 rings (SSSR count). The molecule has 0 aliphatic carbocycles. The van der Waals surface area contributed by atoms with Gasteiger partial charge in [0.25, 0.3) is 10.0 Å². The molecule has 4 heterocycles. The first-order chi connectivity index (χ1) is 13.6. The summed E-state index contributed by atoms with van der Waals surface area (Å²) >= 11 is 1.17. The smallest absolute Gasteiger partial charge is 0.253 e. The van der Waals surface area contributed by atoms with Crippen molar-refractivity contribution in [1.29, 1.82) is 0 Å². The van der Waals surface area contributed by atoms with E-state index in [0.29, 0.717) is 43.4 Å². The van der Waals surface area contributed by atoms with Crippen molar-refractivity contribution in [3.05, 3.63) is 36.2 Å². The van der Waals surface area contributed by atoms with Crippen LogP contribution >= 0.6 is 11.3 Å². The molecule has 1 aliphatic heterocycles. The summed E-state index contributed by atoms with van der Waals surface area (Å²) in [6.07, 6.45) is 4.32. The van der Waals surface area contributed by atoms with Gasteiger partial charge >= 0.3 is 0 Å². The number of hydrogen-bond donors (Lipinski definition) is 0. The molecule has 1 aliphatic rings. The number of ether oxygens (including phenoxy) is 1. The van der Waals surface area contributed by atoms with Crippen LogP contribution in [0.1, 0.15) is 37.0 Å². The first-order valence-electron chi connectivity index (χ1n) is 8.93. The molecular formula is C17H20N4O5S2. The van der Waals surface area contributed by atoms with Gasteiger partial charge in [0, 0.05) is 26.1 Å². The lowest BCUT2D eigenvalue weighted by Gasteiger charge is -2.31. The predicted molar refractivity (Wildman–Crippen MR) is 100 cm³/mol. The largest absolute Gasteiger partial charge is 0.384 e. The fraction of sp³-hybridized carbons (Fsp3) is 0.471. The van der Waals surface area contributed by atoms with Crippen molar-refractivity contribution < 1.29 is 22.2 Å². The third-order valence-electron chi connectivity index (χ3n) is 4.59. The number of piperidine rings is 1. The van der Waals surface area contributed by atoms with E-state index in [1.807, 2.05) is 0 Å². The highest BCUT2D eigenvalue weighted by Gasteiger charge is 2.38. The van der Waals surface area contributed by atoms with Crippen molar-refractivity contribution in [3.8, 4) is 10.6 Å². The monoisotopic (exact) mass is 424 g/mol. The summed E-state index contributed by atoms with van der Waals surface area (Å²) in [6.45, 7) is 0.894. The van der Waals surface area contributed by atoms with Crippen LogP contribution in [0.3, 0.4) is 0 Å². The lowest BCUT2D eigenvalue weighted by Crippen LogP contribution is -2.38. The van der Waals surface area contributed by atoms with Crippen LogP contribution in [0.5, 0.6) is 0 Å². The molecule has 0 aromatic carbocycles. The fourth-order valence-electron chi connectivity index (χ4n) is 3.19. The summed E-state index contributed by atoms with van der Waals surface area (Å²) in [5.74, 6) is 0.854. The number of aromatic nitrogens is 3. The highest BCUT2D eigenvalue weighted by atomic mass is 32.2. The SMILES string of the molecule is COCCc1noc(C2CCCCN2S(=O)(=O)c2ccc(-c3ccon3)s2)n1. The third-order valence-corrected chi connectivity index (χ3v) is 8.07. The minimum Gasteiger partial charge on any atom is -0.384 e. The Labute approximate surface area is 166 Å². The van der Waals surface area contributed by atoms with Gasteiger partial charge in [-0.1, -0.05) is 16.7 Å². The van der Waals surface area contributed by atoms with E-state index in [1.165, 1.54) is 21.9 Å². The second-order valence-corrected chi connectivity index (χ2v) is 9.62. The average molecular weight is 425 g/mol. The van der Waals surface area contributed by atoms with Crippen molar-refractivity contribution >= 4 is 21.4 Å². The summed E-state index contributed by atoms with van der Waals surface area (Å²) in [5.41, 5.74) is 0.612. The highest BCUT2D eigenvalue weighted by molar-refractivity contribution is 7.91. The number of hydrogen-bond acceptors (Lipinski definition) is 9. The number of methoxy groups -OCH3 is 1. The zero-order valence-electron chi connectivity index (χ0n) is 15.3. The van der Waals surface area contributed by atoms with Gasteiger partial charge in [-0.2, -0.15) is 9.29 Å². The molecular weight excluding hydrogens is 404 g/mol. The standard InChI is InChI=1S/C17H20N4O5S2/c1-24-10-8-15-18-17(26-20-15)13-4-2-3-9-21(13)28(22,23)16-6-5-14(27-16)12-7-11-25-19-12/h5-7,11,13H,2-4,8-10H2,1H3. The van der Waals surface area contributed by atoms with Gasteiger partial charge in [0.05, 0.1) is 11.5 Å². The Hall–Kier alpha value is -2.08. The van der Waals surface area contributed by atoms with Gasteiger partial charge in [-0.3, -0.25) is 0 Å². The zero-order valence-corrected chi connectivity index (χ0v) is 16.9. The highest BCUT2D eigenvalue weighted by Crippen LogP contribution is 2.38. The molecule has 1 atom stereocenters. The summed E-state index contributed by atoms with van der Waals surface area (Å²) < 4.78 is 43.6. The summed E-state index contributed by atoms with van der Waals surface area (Å²) in [7, 11) is -2.09. The molecule has 11 heteroatoms. The third kappa shape index (κ3) is 3.75. The summed E-state index contributed by atoms with van der Waals surface area (Å²) in [6, 6.07) is 4.59. The Kier molecular flexibility index (Phi) is 5.58. The second kappa shape index (κ2) is 8.11. The maximum absolute atomic E-state index is 13.3. The van der Waals surface area contributed by atoms with Crippen LogP contribution in [-0.2, 0) is 21.2 Å². The van der Waals surface area contributed by atoms with Crippen LogP contribution in [-0.4, -0.2) is 48.3 Å². The van der Waals surface area contributed by atoms with Crippen molar-refractivity contribution in [2.24, 2.45) is 0 Å². The topological polar surface area (TPSA) is 112 Å². The molecule has 28 heavy (non-hydrogen) atoms. The van der Waals surface area contributed by atoms with Gasteiger partial charge in [-0.05, 0) is 25.0 Å². The lowest BCUT2D eigenvalue weighted by molar-refractivity contribution is 0.198. The van der Waals surface area contributed by atoms with Crippen LogP contribution in [0, 0.1) is 0 Å². The van der Waals surface area contributed by atoms with Gasteiger partial charge in [-0.15, -0.1) is 11.3 Å². The van der Waals surface area contributed by atoms with Crippen molar-refractivity contribution in [3.63, 3.8) is 0 Å². The van der Waals surface area contributed by atoms with E-state index in [0.717, 1.165) is 17.7 Å². The lowest BCUT2D eigenvalue weighted by atomic mass is 10.1. The maximum Gasteiger partial charge on any atom is 0.253 e. The van der Waals surface area contributed by atoms with Crippen molar-refractivity contribution in [2.45, 2.75) is 35.9 Å². The average Bonchev–Trinajstić information content (AvgIpc) is 3.47. The first kappa shape index (κ1) is 19.2. The van der Waals surface area contributed by atoms with Crippen LogP contribution < -0.4 is 0 Å². The van der Waals surface area contributed by atoms with Crippen LogP contribution in [0.2, 0.25) is 0 Å². The van der Waals surface area contributed by atoms with E-state index in [1.54, 1.807) is 25.3 Å². The molecule has 1 fully saturated rings. The molecule has 3 aromatic heterocycles. The molecule has 0 amide bonds. The first-order valence-corrected chi connectivity index (χ1v) is 11.2. The molecule has 0 saturated carbocycles. The molecule has 1 unspecified atom stereocenters. The molecule has 0 spiro atoms. The summed E-state index contributed by atoms with van der Waals surface area (Å²) in [5, 5.41) is 7.82. The molecule has 3 aromatic rings. The Bertz CT molecular complexity index is 1010. The molecule has 9 nitrogen and oxygen atoms in total. The predicted octanol–water partition coefficient (Wildman–Crippen LogP) is 2.89.